The van der Waals surface area contributed by atoms with Gasteiger partial charge < -0.3 is 15.5 Å². The van der Waals surface area contributed by atoms with Crippen LogP contribution in [0.3, 0.4) is 0 Å². The highest BCUT2D eigenvalue weighted by Gasteiger charge is 2.37. The number of carbonyl (C=O) groups excluding carboxylic acids is 2. The number of nitrogens with zero attached hydrogens (tertiary/aromatic N) is 2. The first-order chi connectivity index (χ1) is 15.0. The van der Waals surface area contributed by atoms with E-state index in [1.165, 1.54) is 17.8 Å². The molecule has 4 heterocycles. The lowest BCUT2D eigenvalue weighted by Crippen LogP contribution is -2.46. The number of rotatable bonds is 7. The molecule has 2 amide bonds. The Bertz CT molecular complexity index is 877. The van der Waals surface area contributed by atoms with Crippen LogP contribution in [0.4, 0.5) is 0 Å². The van der Waals surface area contributed by atoms with Gasteiger partial charge in [-0.3, -0.25) is 14.6 Å². The monoisotopic (exact) mass is 460 g/mol. The molecule has 2 saturated heterocycles. The maximum atomic E-state index is 12.8. The Hall–Kier alpha value is -1.64. The number of thiophene rings is 1. The van der Waals surface area contributed by atoms with E-state index >= 15 is 0 Å². The Labute approximate surface area is 192 Å². The minimum Gasteiger partial charge on any atom is -0.351 e. The summed E-state index contributed by atoms with van der Waals surface area (Å²) in [6.45, 7) is 6.73. The quantitative estimate of drug-likeness (QED) is 0.614. The first kappa shape index (κ1) is 22.6. The van der Waals surface area contributed by atoms with Crippen molar-refractivity contribution in [3.05, 3.63) is 29.4 Å². The molecule has 2 aromatic rings. The first-order valence-electron chi connectivity index (χ1n) is 11.3. The van der Waals surface area contributed by atoms with Crippen molar-refractivity contribution < 1.29 is 9.59 Å². The van der Waals surface area contributed by atoms with E-state index in [0.717, 1.165) is 53.7 Å². The summed E-state index contributed by atoms with van der Waals surface area (Å²) < 4.78 is 1.05. The van der Waals surface area contributed by atoms with Crippen molar-refractivity contribution >= 4 is 45.0 Å². The molecule has 2 fully saturated rings. The van der Waals surface area contributed by atoms with Crippen LogP contribution in [0.2, 0.25) is 0 Å². The van der Waals surface area contributed by atoms with Crippen LogP contribution in [0, 0.1) is 5.92 Å². The highest BCUT2D eigenvalue weighted by molar-refractivity contribution is 8.01. The molecule has 3 unspecified atom stereocenters. The molecular formula is C23H32N4O2S2. The zero-order valence-corrected chi connectivity index (χ0v) is 19.9. The third-order valence-corrected chi connectivity index (χ3v) is 8.88. The van der Waals surface area contributed by atoms with Gasteiger partial charge in [0.2, 0.25) is 5.91 Å². The van der Waals surface area contributed by atoms with Gasteiger partial charge in [0.1, 0.15) is 5.25 Å². The molecule has 0 radical (unpaired) electrons. The van der Waals surface area contributed by atoms with Crippen molar-refractivity contribution in [2.45, 2.75) is 62.6 Å². The van der Waals surface area contributed by atoms with Crippen molar-refractivity contribution in [2.75, 3.05) is 19.6 Å². The third-order valence-electron chi connectivity index (χ3n) is 6.34. The number of aromatic nitrogens is 1. The summed E-state index contributed by atoms with van der Waals surface area (Å²) in [7, 11) is 0. The summed E-state index contributed by atoms with van der Waals surface area (Å²) in [4.78, 5) is 32.1. The van der Waals surface area contributed by atoms with Crippen molar-refractivity contribution in [3.63, 3.8) is 0 Å². The fourth-order valence-electron chi connectivity index (χ4n) is 4.57. The Balaban J connectivity index is 1.11. The standard InChI is InChI=1S/C23H32N4O2S2/c1-15-21(30-16(2)26-15)23(29)27-11-7-17(8-12-27)5-3-4-9-25-22(28)19-13-18-6-10-24-14-20(18)31-19/h6,10,13-17,21,26H,3-5,7-9,11-12H2,1-2H3,(H,25,28). The number of pyridine rings is 1. The second-order valence-corrected chi connectivity index (χ2v) is 11.3. The van der Waals surface area contributed by atoms with Crippen LogP contribution in [0.25, 0.3) is 10.1 Å². The van der Waals surface area contributed by atoms with Crippen LogP contribution in [0.5, 0.6) is 0 Å². The average molecular weight is 461 g/mol. The lowest BCUT2D eigenvalue weighted by Gasteiger charge is -2.34. The van der Waals surface area contributed by atoms with Crippen molar-refractivity contribution in [1.29, 1.82) is 0 Å². The average Bonchev–Trinajstić information content (AvgIpc) is 3.36. The summed E-state index contributed by atoms with van der Waals surface area (Å²) in [6, 6.07) is 4.13. The second-order valence-electron chi connectivity index (χ2n) is 8.70. The molecule has 4 rings (SSSR count). The van der Waals surface area contributed by atoms with Gasteiger partial charge in [-0.15, -0.1) is 23.1 Å². The summed E-state index contributed by atoms with van der Waals surface area (Å²) in [5.74, 6) is 1.02. The minimum atomic E-state index is 0.0100. The predicted molar refractivity (Wildman–Crippen MR) is 129 cm³/mol. The predicted octanol–water partition coefficient (Wildman–Crippen LogP) is 3.87. The molecule has 2 aromatic heterocycles. The molecule has 2 aliphatic heterocycles. The molecule has 0 aliphatic carbocycles. The Morgan fingerprint density at radius 2 is 2.06 bits per heavy atom. The van der Waals surface area contributed by atoms with Crippen LogP contribution in [-0.2, 0) is 4.79 Å². The van der Waals surface area contributed by atoms with Crippen LogP contribution >= 0.6 is 23.1 Å². The van der Waals surface area contributed by atoms with Crippen LogP contribution in [0.15, 0.2) is 24.5 Å². The van der Waals surface area contributed by atoms with E-state index in [1.807, 2.05) is 12.1 Å². The summed E-state index contributed by atoms with van der Waals surface area (Å²) >= 11 is 3.25. The van der Waals surface area contributed by atoms with Gasteiger partial charge in [0.15, 0.2) is 0 Å². The van der Waals surface area contributed by atoms with E-state index in [9.17, 15) is 9.59 Å². The van der Waals surface area contributed by atoms with E-state index in [4.69, 9.17) is 0 Å². The molecule has 3 atom stereocenters. The minimum absolute atomic E-state index is 0.0100. The van der Waals surface area contributed by atoms with Gasteiger partial charge >= 0.3 is 0 Å². The number of amides is 2. The van der Waals surface area contributed by atoms with E-state index in [1.54, 1.807) is 24.2 Å². The number of likely N-dealkylation sites (tertiary alicyclic amines) is 1. The SMILES string of the molecule is CC1NC(C)C(C(=O)N2CCC(CCCCNC(=O)c3cc4ccncc4s3)CC2)S1. The fourth-order valence-corrected chi connectivity index (χ4v) is 6.83. The van der Waals surface area contributed by atoms with E-state index in [0.29, 0.717) is 23.7 Å². The number of fused-ring (bicyclic) bond motifs is 1. The molecule has 2 aliphatic rings. The van der Waals surface area contributed by atoms with Crippen LogP contribution < -0.4 is 10.6 Å². The molecule has 0 saturated carbocycles. The van der Waals surface area contributed by atoms with Gasteiger partial charge in [-0.2, -0.15) is 0 Å². The Kier molecular flexibility index (Phi) is 7.51. The molecular weight excluding hydrogens is 428 g/mol. The highest BCUT2D eigenvalue weighted by Crippen LogP contribution is 2.30. The van der Waals surface area contributed by atoms with Gasteiger partial charge in [-0.1, -0.05) is 12.8 Å². The molecule has 0 spiro atoms. The normalized spacial score (nSPS) is 24.6. The number of hydrogen-bond acceptors (Lipinski definition) is 6. The summed E-state index contributed by atoms with van der Waals surface area (Å²) in [5, 5.41) is 7.98. The molecule has 31 heavy (non-hydrogen) atoms. The van der Waals surface area contributed by atoms with Gasteiger partial charge in [0, 0.05) is 38.1 Å². The second kappa shape index (κ2) is 10.3. The van der Waals surface area contributed by atoms with Gasteiger partial charge in [-0.05, 0) is 56.5 Å². The topological polar surface area (TPSA) is 74.3 Å². The molecule has 2 N–H and O–H groups in total. The van der Waals surface area contributed by atoms with Gasteiger partial charge in [-0.25, -0.2) is 0 Å². The number of unbranched alkanes of at least 4 members (excludes halogenated alkanes) is 1. The number of hydrogen-bond donors (Lipinski definition) is 2. The fraction of sp³-hybridized carbons (Fsp3) is 0.609. The van der Waals surface area contributed by atoms with Crippen molar-refractivity contribution in [3.8, 4) is 0 Å². The smallest absolute Gasteiger partial charge is 0.261 e. The summed E-state index contributed by atoms with van der Waals surface area (Å²) in [6.07, 6.45) is 9.05. The number of nitrogens with one attached hydrogen (secondary N) is 2. The Morgan fingerprint density at radius 1 is 1.26 bits per heavy atom. The zero-order valence-electron chi connectivity index (χ0n) is 18.3. The van der Waals surface area contributed by atoms with Crippen molar-refractivity contribution in [2.24, 2.45) is 5.92 Å². The maximum Gasteiger partial charge on any atom is 0.261 e. The molecule has 168 valence electrons. The number of thioether (sulfide) groups is 1. The lowest BCUT2D eigenvalue weighted by atomic mass is 9.91. The largest absolute Gasteiger partial charge is 0.351 e. The van der Waals surface area contributed by atoms with Crippen molar-refractivity contribution in [1.82, 2.24) is 20.5 Å². The third kappa shape index (κ3) is 5.59. The van der Waals surface area contributed by atoms with Gasteiger partial charge in [0.05, 0.1) is 15.0 Å². The molecule has 8 heteroatoms. The van der Waals surface area contributed by atoms with Crippen LogP contribution in [-0.4, -0.2) is 58.0 Å². The van der Waals surface area contributed by atoms with Crippen LogP contribution in [0.1, 0.15) is 55.6 Å². The zero-order chi connectivity index (χ0) is 21.8. The van der Waals surface area contributed by atoms with Gasteiger partial charge in [0.25, 0.3) is 5.91 Å². The first-order valence-corrected chi connectivity index (χ1v) is 13.1. The highest BCUT2D eigenvalue weighted by atomic mass is 32.2. The molecule has 0 aromatic carbocycles. The summed E-state index contributed by atoms with van der Waals surface area (Å²) in [5.41, 5.74) is 0. The lowest BCUT2D eigenvalue weighted by molar-refractivity contribution is -0.132. The Morgan fingerprint density at radius 3 is 2.77 bits per heavy atom. The van der Waals surface area contributed by atoms with E-state index in [2.05, 4.69) is 34.4 Å². The van der Waals surface area contributed by atoms with E-state index < -0.39 is 0 Å². The number of carbonyl (C=O) groups is 2. The molecule has 0 bridgehead atoms. The number of piperidine rings is 1. The maximum absolute atomic E-state index is 12.8. The molecule has 6 nitrogen and oxygen atoms in total. The van der Waals surface area contributed by atoms with E-state index in [-0.39, 0.29) is 17.2 Å².